The molecule has 2 aromatic rings. The van der Waals surface area contributed by atoms with Gasteiger partial charge in [-0.15, -0.1) is 5.10 Å². The highest BCUT2D eigenvalue weighted by Crippen LogP contribution is 2.30. The molecule has 0 aliphatic heterocycles. The van der Waals surface area contributed by atoms with E-state index < -0.39 is 12.1 Å². The van der Waals surface area contributed by atoms with E-state index in [1.165, 1.54) is 0 Å². The molecule has 0 bridgehead atoms. The summed E-state index contributed by atoms with van der Waals surface area (Å²) >= 11 is 0. The number of hydrogen-bond donors (Lipinski definition) is 1. The number of carboxylic acid groups (broad SMARTS) is 1. The number of aryl methyl sites for hydroxylation is 2. The molecule has 1 aliphatic rings. The highest BCUT2D eigenvalue weighted by molar-refractivity contribution is 5.70. The Morgan fingerprint density at radius 3 is 2.69 bits per heavy atom. The van der Waals surface area contributed by atoms with Crippen LogP contribution in [0.2, 0.25) is 0 Å². The van der Waals surface area contributed by atoms with Gasteiger partial charge in [0.15, 0.2) is 0 Å². The van der Waals surface area contributed by atoms with E-state index in [1.54, 1.807) is 29.7 Å². The molecule has 1 aliphatic carbocycles. The van der Waals surface area contributed by atoms with Crippen LogP contribution in [-0.2, 0) is 23.2 Å². The van der Waals surface area contributed by atoms with E-state index in [4.69, 9.17) is 9.47 Å². The first kappa shape index (κ1) is 26.4. The standard InChI is InChI=1S/C25H37N5O5/c1-16(2)12-13-29(4)25(33)34-15-21-23(27-28-30(21)5)20-10-11-22(17(3)26-20)35-19-9-7-6-8-18(14-19)24(31)32/h10-11,16,18-19H,6-9,12-15H2,1-5H3,(H,31,32). The minimum absolute atomic E-state index is 0.0291. The summed E-state index contributed by atoms with van der Waals surface area (Å²) in [6.07, 6.45) is 4.24. The Morgan fingerprint density at radius 1 is 1.26 bits per heavy atom. The molecule has 2 unspecified atom stereocenters. The Balaban J connectivity index is 1.68. The Morgan fingerprint density at radius 2 is 2.00 bits per heavy atom. The zero-order valence-electron chi connectivity index (χ0n) is 21.4. The normalized spacial score (nSPS) is 18.2. The quantitative estimate of drug-likeness (QED) is 0.522. The number of ether oxygens (including phenoxy) is 2. The minimum Gasteiger partial charge on any atom is -0.489 e. The summed E-state index contributed by atoms with van der Waals surface area (Å²) in [5.41, 5.74) is 2.47. The zero-order chi connectivity index (χ0) is 25.5. The van der Waals surface area contributed by atoms with Crippen LogP contribution in [-0.4, -0.2) is 61.7 Å². The van der Waals surface area contributed by atoms with E-state index in [2.05, 4.69) is 29.1 Å². The van der Waals surface area contributed by atoms with Crippen molar-refractivity contribution in [1.82, 2.24) is 24.9 Å². The van der Waals surface area contributed by atoms with Gasteiger partial charge in [-0.25, -0.2) is 14.5 Å². The predicted octanol–water partition coefficient (Wildman–Crippen LogP) is 4.21. The fourth-order valence-corrected chi connectivity index (χ4v) is 4.15. The summed E-state index contributed by atoms with van der Waals surface area (Å²) in [5, 5.41) is 17.8. The van der Waals surface area contributed by atoms with Gasteiger partial charge < -0.3 is 19.5 Å². The second-order valence-electron chi connectivity index (χ2n) is 9.74. The zero-order valence-corrected chi connectivity index (χ0v) is 21.4. The number of pyridine rings is 1. The van der Waals surface area contributed by atoms with Crippen molar-refractivity contribution in [3.8, 4) is 17.1 Å². The second-order valence-corrected chi connectivity index (χ2v) is 9.74. The summed E-state index contributed by atoms with van der Waals surface area (Å²) in [4.78, 5) is 30.1. The van der Waals surface area contributed by atoms with E-state index in [0.29, 0.717) is 53.8 Å². The molecule has 0 aromatic carbocycles. The molecule has 1 N–H and O–H groups in total. The number of aromatic nitrogens is 4. The Kier molecular flexibility index (Phi) is 9.06. The number of rotatable bonds is 9. The lowest BCUT2D eigenvalue weighted by molar-refractivity contribution is -0.142. The third-order valence-electron chi connectivity index (χ3n) is 6.43. The Bertz CT molecular complexity index is 1020. The van der Waals surface area contributed by atoms with Crippen molar-refractivity contribution in [3.63, 3.8) is 0 Å². The summed E-state index contributed by atoms with van der Waals surface area (Å²) in [6.45, 7) is 6.73. The molecule has 2 atom stereocenters. The molecule has 192 valence electrons. The van der Waals surface area contributed by atoms with Gasteiger partial charge in [-0.05, 0) is 57.1 Å². The molecule has 2 aromatic heterocycles. The lowest BCUT2D eigenvalue weighted by atomic mass is 9.99. The third kappa shape index (κ3) is 7.16. The van der Waals surface area contributed by atoms with E-state index in [1.807, 2.05) is 13.0 Å². The van der Waals surface area contributed by atoms with Crippen molar-refractivity contribution in [2.45, 2.75) is 72.0 Å². The number of aliphatic carboxylic acids is 1. The van der Waals surface area contributed by atoms with Gasteiger partial charge in [0.25, 0.3) is 0 Å². The summed E-state index contributed by atoms with van der Waals surface area (Å²) < 4.78 is 13.3. The molecule has 1 amide bonds. The molecule has 0 saturated heterocycles. The first-order valence-electron chi connectivity index (χ1n) is 12.3. The van der Waals surface area contributed by atoms with Crippen LogP contribution in [0.1, 0.15) is 63.8 Å². The van der Waals surface area contributed by atoms with Crippen LogP contribution in [0.15, 0.2) is 12.1 Å². The molecule has 0 spiro atoms. The van der Waals surface area contributed by atoms with Crippen molar-refractivity contribution in [2.24, 2.45) is 18.9 Å². The number of nitrogens with zero attached hydrogens (tertiary/aromatic N) is 5. The van der Waals surface area contributed by atoms with Crippen LogP contribution >= 0.6 is 0 Å². The Labute approximate surface area is 206 Å². The molecule has 3 rings (SSSR count). The fourth-order valence-electron chi connectivity index (χ4n) is 4.15. The Hall–Kier alpha value is -3.17. The summed E-state index contributed by atoms with van der Waals surface area (Å²) in [5.74, 6) is 0.00555. The SMILES string of the molecule is Cc1nc(-c2nnn(C)c2COC(=O)N(C)CCC(C)C)ccc1OC1CCCCC(C(=O)O)C1. The average molecular weight is 488 g/mol. The molecule has 2 heterocycles. The van der Waals surface area contributed by atoms with Gasteiger partial charge in [0.05, 0.1) is 23.4 Å². The van der Waals surface area contributed by atoms with Crippen LogP contribution in [0.5, 0.6) is 5.75 Å². The second kappa shape index (κ2) is 12.0. The van der Waals surface area contributed by atoms with Gasteiger partial charge in [-0.3, -0.25) is 4.79 Å². The first-order chi connectivity index (χ1) is 16.7. The maximum Gasteiger partial charge on any atom is 0.409 e. The molecule has 1 saturated carbocycles. The van der Waals surface area contributed by atoms with Crippen molar-refractivity contribution < 1.29 is 24.2 Å². The van der Waals surface area contributed by atoms with Crippen LogP contribution in [0.25, 0.3) is 11.4 Å². The first-order valence-corrected chi connectivity index (χ1v) is 12.3. The monoisotopic (exact) mass is 487 g/mol. The lowest BCUT2D eigenvalue weighted by Crippen LogP contribution is -2.29. The average Bonchev–Trinajstić information content (AvgIpc) is 3.01. The number of amides is 1. The van der Waals surface area contributed by atoms with Gasteiger partial charge in [0.2, 0.25) is 0 Å². The van der Waals surface area contributed by atoms with Gasteiger partial charge in [-0.1, -0.05) is 25.5 Å². The number of carboxylic acids is 1. The van der Waals surface area contributed by atoms with Crippen molar-refractivity contribution in [2.75, 3.05) is 13.6 Å². The molecule has 35 heavy (non-hydrogen) atoms. The molecular formula is C25H37N5O5. The molecule has 10 heteroatoms. The highest BCUT2D eigenvalue weighted by atomic mass is 16.6. The third-order valence-corrected chi connectivity index (χ3v) is 6.43. The number of carbonyl (C=O) groups is 2. The van der Waals surface area contributed by atoms with E-state index in [-0.39, 0.29) is 18.6 Å². The highest BCUT2D eigenvalue weighted by Gasteiger charge is 2.27. The van der Waals surface area contributed by atoms with Crippen LogP contribution in [0, 0.1) is 18.8 Å². The smallest absolute Gasteiger partial charge is 0.409 e. The van der Waals surface area contributed by atoms with Crippen LogP contribution in [0.3, 0.4) is 0 Å². The summed E-state index contributed by atoms with van der Waals surface area (Å²) in [6, 6.07) is 3.64. The lowest BCUT2D eigenvalue weighted by Gasteiger charge is -2.20. The maximum atomic E-state index is 12.4. The van der Waals surface area contributed by atoms with Gasteiger partial charge in [0.1, 0.15) is 23.7 Å². The molecular weight excluding hydrogens is 450 g/mol. The van der Waals surface area contributed by atoms with Crippen LogP contribution in [0.4, 0.5) is 4.79 Å². The number of carbonyl (C=O) groups excluding carboxylic acids is 1. The summed E-state index contributed by atoms with van der Waals surface area (Å²) in [7, 11) is 3.47. The van der Waals surface area contributed by atoms with E-state index in [9.17, 15) is 14.7 Å². The maximum absolute atomic E-state index is 12.4. The molecule has 0 radical (unpaired) electrons. The van der Waals surface area contributed by atoms with E-state index >= 15 is 0 Å². The largest absolute Gasteiger partial charge is 0.489 e. The topological polar surface area (TPSA) is 120 Å². The van der Waals surface area contributed by atoms with Crippen molar-refractivity contribution in [3.05, 3.63) is 23.5 Å². The number of hydrogen-bond acceptors (Lipinski definition) is 7. The molecule has 10 nitrogen and oxygen atoms in total. The van der Waals surface area contributed by atoms with Crippen molar-refractivity contribution >= 4 is 12.1 Å². The van der Waals surface area contributed by atoms with Crippen molar-refractivity contribution in [1.29, 1.82) is 0 Å². The minimum atomic E-state index is -0.757. The van der Waals surface area contributed by atoms with Crippen LogP contribution < -0.4 is 4.74 Å². The molecule has 1 fully saturated rings. The van der Waals surface area contributed by atoms with E-state index in [0.717, 1.165) is 25.7 Å². The van der Waals surface area contributed by atoms with Gasteiger partial charge in [0, 0.05) is 20.6 Å². The van der Waals surface area contributed by atoms with Gasteiger partial charge in [-0.2, -0.15) is 0 Å². The fraction of sp³-hybridized carbons (Fsp3) is 0.640. The predicted molar refractivity (Wildman–Crippen MR) is 130 cm³/mol. The van der Waals surface area contributed by atoms with Gasteiger partial charge >= 0.3 is 12.1 Å².